The van der Waals surface area contributed by atoms with Crippen LogP contribution in [-0.2, 0) is 0 Å². The van der Waals surface area contributed by atoms with Crippen LogP contribution in [0.5, 0.6) is 0 Å². The summed E-state index contributed by atoms with van der Waals surface area (Å²) in [4.78, 5) is 4.07. The van der Waals surface area contributed by atoms with Gasteiger partial charge < -0.3 is 5.32 Å². The van der Waals surface area contributed by atoms with Crippen LogP contribution in [-0.4, -0.2) is 4.98 Å². The second-order valence-corrected chi connectivity index (χ2v) is 4.34. The first-order valence-electron chi connectivity index (χ1n) is 4.50. The fourth-order valence-corrected chi connectivity index (χ4v) is 1.74. The molecule has 0 aliphatic carbocycles. The maximum Gasteiger partial charge on any atom is 0.137 e. The van der Waals surface area contributed by atoms with Gasteiger partial charge in [0.2, 0.25) is 0 Å². The average Bonchev–Trinajstić information content (AvgIpc) is 2.24. The minimum Gasteiger partial charge on any atom is -0.340 e. The fourth-order valence-electron chi connectivity index (χ4n) is 1.20. The molecule has 0 bridgehead atoms. The van der Waals surface area contributed by atoms with Crippen molar-refractivity contribution < 1.29 is 4.39 Å². The maximum atomic E-state index is 13.0. The van der Waals surface area contributed by atoms with Crippen molar-refractivity contribution in [1.82, 2.24) is 4.98 Å². The lowest BCUT2D eigenvalue weighted by molar-refractivity contribution is 0.621. The number of benzene rings is 1. The first-order valence-corrected chi connectivity index (χ1v) is 5.67. The van der Waals surface area contributed by atoms with Gasteiger partial charge in [-0.2, -0.15) is 0 Å². The van der Waals surface area contributed by atoms with Crippen molar-refractivity contribution in [3.63, 3.8) is 0 Å². The largest absolute Gasteiger partial charge is 0.340 e. The number of pyridine rings is 1. The second kappa shape index (κ2) is 4.80. The van der Waals surface area contributed by atoms with Gasteiger partial charge in [0.1, 0.15) is 16.8 Å². The van der Waals surface area contributed by atoms with Crippen LogP contribution < -0.4 is 5.32 Å². The molecule has 82 valence electrons. The molecule has 0 aliphatic heterocycles. The third kappa shape index (κ3) is 2.71. The summed E-state index contributed by atoms with van der Waals surface area (Å²) >= 11 is 8.86. The van der Waals surface area contributed by atoms with Gasteiger partial charge in [0.25, 0.3) is 0 Å². The summed E-state index contributed by atoms with van der Waals surface area (Å²) in [7, 11) is 0. The van der Waals surface area contributed by atoms with Crippen molar-refractivity contribution >= 4 is 39.0 Å². The van der Waals surface area contributed by atoms with Gasteiger partial charge in [-0.3, -0.25) is 0 Å². The summed E-state index contributed by atoms with van der Waals surface area (Å²) in [6.45, 7) is 0. The van der Waals surface area contributed by atoms with Crippen LogP contribution in [0.25, 0.3) is 0 Å². The van der Waals surface area contributed by atoms with Gasteiger partial charge >= 0.3 is 0 Å². The van der Waals surface area contributed by atoms with Crippen molar-refractivity contribution in [2.24, 2.45) is 0 Å². The third-order valence-corrected chi connectivity index (χ3v) is 2.73. The van der Waals surface area contributed by atoms with Crippen LogP contribution in [0.3, 0.4) is 0 Å². The monoisotopic (exact) mass is 300 g/mol. The normalized spacial score (nSPS) is 10.2. The smallest absolute Gasteiger partial charge is 0.137 e. The van der Waals surface area contributed by atoms with Gasteiger partial charge in [-0.15, -0.1) is 0 Å². The van der Waals surface area contributed by atoms with Gasteiger partial charge in [0, 0.05) is 5.69 Å². The van der Waals surface area contributed by atoms with Crippen molar-refractivity contribution in [2.45, 2.75) is 0 Å². The van der Waals surface area contributed by atoms with Gasteiger partial charge in [-0.1, -0.05) is 17.7 Å². The lowest BCUT2D eigenvalue weighted by atomic mass is 10.3. The standard InChI is InChI=1S/C11H7BrClFN2/c12-8-6-7(4-5-9(8)14)15-11-3-1-2-10(13)16-11/h1-6H,(H,15,16). The molecule has 2 rings (SSSR count). The Balaban J connectivity index is 2.24. The predicted octanol–water partition coefficient (Wildman–Crippen LogP) is 4.38. The van der Waals surface area contributed by atoms with E-state index in [4.69, 9.17) is 11.6 Å². The Morgan fingerprint density at radius 1 is 1.25 bits per heavy atom. The van der Waals surface area contributed by atoms with Crippen LogP contribution in [0, 0.1) is 5.82 Å². The molecule has 1 aromatic carbocycles. The molecule has 0 saturated heterocycles. The Labute approximate surface area is 106 Å². The molecule has 5 heteroatoms. The molecule has 2 nitrogen and oxygen atoms in total. The molecule has 0 saturated carbocycles. The third-order valence-electron chi connectivity index (χ3n) is 1.91. The predicted molar refractivity (Wildman–Crippen MR) is 66.6 cm³/mol. The number of anilines is 2. The Morgan fingerprint density at radius 2 is 2.06 bits per heavy atom. The molecular weight excluding hydrogens is 294 g/mol. The molecule has 0 unspecified atom stereocenters. The van der Waals surface area contributed by atoms with Gasteiger partial charge in [0.15, 0.2) is 0 Å². The Morgan fingerprint density at radius 3 is 2.75 bits per heavy atom. The Bertz CT molecular complexity index is 519. The number of rotatable bonds is 2. The van der Waals surface area contributed by atoms with Crippen LogP contribution in [0.15, 0.2) is 40.9 Å². The number of hydrogen-bond donors (Lipinski definition) is 1. The highest BCUT2D eigenvalue weighted by molar-refractivity contribution is 9.10. The molecule has 0 atom stereocenters. The molecule has 16 heavy (non-hydrogen) atoms. The Hall–Kier alpha value is -1.13. The van der Waals surface area contributed by atoms with Gasteiger partial charge in [-0.05, 0) is 46.3 Å². The van der Waals surface area contributed by atoms with Gasteiger partial charge in [-0.25, -0.2) is 9.37 Å². The quantitative estimate of drug-likeness (QED) is 0.833. The zero-order valence-electron chi connectivity index (χ0n) is 8.05. The van der Waals surface area contributed by atoms with Crippen molar-refractivity contribution in [3.05, 3.63) is 51.8 Å². The molecule has 1 aromatic heterocycles. The zero-order chi connectivity index (χ0) is 11.5. The van der Waals surface area contributed by atoms with E-state index in [0.717, 1.165) is 5.69 Å². The summed E-state index contributed by atoms with van der Waals surface area (Å²) in [5.41, 5.74) is 0.739. The highest BCUT2D eigenvalue weighted by Crippen LogP contribution is 2.22. The molecule has 0 radical (unpaired) electrons. The molecule has 0 aliphatic rings. The minimum atomic E-state index is -0.301. The van der Waals surface area contributed by atoms with E-state index in [1.54, 1.807) is 30.3 Å². The zero-order valence-corrected chi connectivity index (χ0v) is 10.4. The number of nitrogens with one attached hydrogen (secondary N) is 1. The summed E-state index contributed by atoms with van der Waals surface area (Å²) in [6.07, 6.45) is 0. The van der Waals surface area contributed by atoms with Crippen LogP contribution in [0.2, 0.25) is 5.15 Å². The molecule has 0 amide bonds. The molecule has 1 heterocycles. The minimum absolute atomic E-state index is 0.301. The van der Waals surface area contributed by atoms with Crippen molar-refractivity contribution in [2.75, 3.05) is 5.32 Å². The average molecular weight is 302 g/mol. The van der Waals surface area contributed by atoms with Crippen molar-refractivity contribution in [3.8, 4) is 0 Å². The highest BCUT2D eigenvalue weighted by atomic mass is 79.9. The van der Waals surface area contributed by atoms with Crippen LogP contribution in [0.4, 0.5) is 15.9 Å². The molecule has 2 aromatic rings. The van der Waals surface area contributed by atoms with E-state index in [2.05, 4.69) is 26.2 Å². The topological polar surface area (TPSA) is 24.9 Å². The molecule has 0 fully saturated rings. The number of halogens is 3. The maximum absolute atomic E-state index is 13.0. The first kappa shape index (κ1) is 11.4. The molecular formula is C11H7BrClFN2. The number of nitrogens with zero attached hydrogens (tertiary/aromatic N) is 1. The van der Waals surface area contributed by atoms with E-state index in [0.29, 0.717) is 15.4 Å². The first-order chi connectivity index (χ1) is 7.65. The summed E-state index contributed by atoms with van der Waals surface area (Å²) in [6, 6.07) is 9.89. The highest BCUT2D eigenvalue weighted by Gasteiger charge is 2.01. The van der Waals surface area contributed by atoms with E-state index in [-0.39, 0.29) is 5.82 Å². The summed E-state index contributed by atoms with van der Waals surface area (Å²) in [5.74, 6) is 0.315. The van der Waals surface area contributed by atoms with E-state index >= 15 is 0 Å². The number of hydrogen-bond acceptors (Lipinski definition) is 2. The lowest BCUT2D eigenvalue weighted by Crippen LogP contribution is -1.93. The molecule has 1 N–H and O–H groups in total. The Kier molecular flexibility index (Phi) is 3.41. The van der Waals surface area contributed by atoms with Crippen LogP contribution in [0.1, 0.15) is 0 Å². The second-order valence-electron chi connectivity index (χ2n) is 3.10. The molecule has 0 spiro atoms. The van der Waals surface area contributed by atoms with E-state index in [9.17, 15) is 4.39 Å². The van der Waals surface area contributed by atoms with E-state index in [1.165, 1.54) is 6.07 Å². The SMILES string of the molecule is Fc1ccc(Nc2cccc(Cl)n2)cc1Br. The van der Waals surface area contributed by atoms with Crippen molar-refractivity contribution in [1.29, 1.82) is 0 Å². The van der Waals surface area contributed by atoms with Gasteiger partial charge in [0.05, 0.1) is 4.47 Å². The summed E-state index contributed by atoms with van der Waals surface area (Å²) in [5, 5.41) is 3.43. The van der Waals surface area contributed by atoms with E-state index in [1.807, 2.05) is 0 Å². The fraction of sp³-hybridized carbons (Fsp3) is 0. The van der Waals surface area contributed by atoms with Crippen LogP contribution >= 0.6 is 27.5 Å². The van der Waals surface area contributed by atoms with E-state index < -0.39 is 0 Å². The lowest BCUT2D eigenvalue weighted by Gasteiger charge is -2.06. The summed E-state index contributed by atoms with van der Waals surface area (Å²) < 4.78 is 13.4. The number of aromatic nitrogens is 1.